The molecule has 0 radical (unpaired) electrons. The van der Waals surface area contributed by atoms with Crippen molar-refractivity contribution in [3.8, 4) is 0 Å². The van der Waals surface area contributed by atoms with E-state index in [1.807, 2.05) is 0 Å². The zero-order valence-electron chi connectivity index (χ0n) is 16.1. The molecule has 2 heterocycles. The number of aromatic nitrogens is 2. The van der Waals surface area contributed by atoms with E-state index in [2.05, 4.69) is 21.9 Å². The molecule has 0 saturated carbocycles. The molecular weight excluding hydrogens is 394 g/mol. The van der Waals surface area contributed by atoms with Crippen molar-refractivity contribution in [2.75, 3.05) is 31.5 Å². The van der Waals surface area contributed by atoms with Crippen molar-refractivity contribution >= 4 is 33.8 Å². The predicted molar refractivity (Wildman–Crippen MR) is 110 cm³/mol. The molecule has 0 atom stereocenters. The summed E-state index contributed by atoms with van der Waals surface area (Å²) in [7, 11) is -3.72. The Bertz CT molecular complexity index is 1010. The van der Waals surface area contributed by atoms with Gasteiger partial charge in [-0.15, -0.1) is 0 Å². The van der Waals surface area contributed by atoms with Gasteiger partial charge in [-0.2, -0.15) is 4.31 Å². The molecule has 10 heteroatoms. The SMILES string of the molecule is C=Cc1cnc(Nc2ccc(S(=O)(=O)N3CCCN(C(=O)O)CC3)c(C)c2)nc1. The number of aryl methyl sites for hydroxylation is 1. The van der Waals surface area contributed by atoms with Gasteiger partial charge in [-0.25, -0.2) is 23.2 Å². The maximum Gasteiger partial charge on any atom is 0.407 e. The lowest BCUT2D eigenvalue weighted by molar-refractivity contribution is 0.147. The van der Waals surface area contributed by atoms with E-state index in [4.69, 9.17) is 5.11 Å². The van der Waals surface area contributed by atoms with Crippen molar-refractivity contribution in [3.05, 3.63) is 48.3 Å². The van der Waals surface area contributed by atoms with Crippen LogP contribution in [-0.2, 0) is 10.0 Å². The molecule has 1 saturated heterocycles. The summed E-state index contributed by atoms with van der Waals surface area (Å²) in [6.07, 6.45) is 4.34. The molecule has 0 spiro atoms. The van der Waals surface area contributed by atoms with E-state index in [9.17, 15) is 13.2 Å². The normalized spacial score (nSPS) is 15.6. The summed E-state index contributed by atoms with van der Waals surface area (Å²) in [4.78, 5) is 20.9. The van der Waals surface area contributed by atoms with Crippen molar-refractivity contribution in [3.63, 3.8) is 0 Å². The first-order chi connectivity index (χ1) is 13.8. The molecule has 1 amide bonds. The predicted octanol–water partition coefficient (Wildman–Crippen LogP) is 2.55. The first kappa shape index (κ1) is 20.7. The van der Waals surface area contributed by atoms with Gasteiger partial charge >= 0.3 is 6.09 Å². The topological polar surface area (TPSA) is 116 Å². The fourth-order valence-corrected chi connectivity index (χ4v) is 4.79. The number of benzene rings is 1. The van der Waals surface area contributed by atoms with Crippen LogP contribution in [0.15, 0.2) is 42.1 Å². The van der Waals surface area contributed by atoms with Crippen molar-refractivity contribution in [2.24, 2.45) is 0 Å². The van der Waals surface area contributed by atoms with Gasteiger partial charge in [-0.05, 0) is 37.1 Å². The highest BCUT2D eigenvalue weighted by Crippen LogP contribution is 2.25. The summed E-state index contributed by atoms with van der Waals surface area (Å²) < 4.78 is 27.5. The zero-order chi connectivity index (χ0) is 21.0. The molecule has 0 aliphatic carbocycles. The van der Waals surface area contributed by atoms with E-state index >= 15 is 0 Å². The molecule has 1 fully saturated rings. The second-order valence-corrected chi connectivity index (χ2v) is 8.58. The summed E-state index contributed by atoms with van der Waals surface area (Å²) in [6, 6.07) is 4.93. The lowest BCUT2D eigenvalue weighted by Gasteiger charge is -2.21. The van der Waals surface area contributed by atoms with Gasteiger partial charge in [0.05, 0.1) is 4.90 Å². The fraction of sp³-hybridized carbons (Fsp3) is 0.316. The summed E-state index contributed by atoms with van der Waals surface area (Å²) in [5.74, 6) is 0.395. The monoisotopic (exact) mass is 417 g/mol. The highest BCUT2D eigenvalue weighted by molar-refractivity contribution is 7.89. The van der Waals surface area contributed by atoms with E-state index in [1.54, 1.807) is 43.6 Å². The summed E-state index contributed by atoms with van der Waals surface area (Å²) in [5.41, 5.74) is 2.05. The maximum atomic E-state index is 13.1. The number of carbonyl (C=O) groups is 1. The Morgan fingerprint density at radius 1 is 1.21 bits per heavy atom. The summed E-state index contributed by atoms with van der Waals surface area (Å²) in [5, 5.41) is 12.2. The Morgan fingerprint density at radius 2 is 1.93 bits per heavy atom. The van der Waals surface area contributed by atoms with Gasteiger partial charge in [0.25, 0.3) is 0 Å². The Kier molecular flexibility index (Phi) is 6.14. The van der Waals surface area contributed by atoms with E-state index in [1.165, 1.54) is 9.21 Å². The highest BCUT2D eigenvalue weighted by Gasteiger charge is 2.29. The molecule has 154 valence electrons. The average molecular weight is 417 g/mol. The van der Waals surface area contributed by atoms with Gasteiger partial charge in [0.15, 0.2) is 0 Å². The molecule has 1 aromatic heterocycles. The minimum atomic E-state index is -3.72. The summed E-state index contributed by atoms with van der Waals surface area (Å²) in [6.45, 7) is 6.28. The van der Waals surface area contributed by atoms with Crippen molar-refractivity contribution in [1.82, 2.24) is 19.2 Å². The molecule has 0 unspecified atom stereocenters. The third kappa shape index (κ3) is 4.72. The van der Waals surface area contributed by atoms with E-state index in [-0.39, 0.29) is 24.5 Å². The molecule has 29 heavy (non-hydrogen) atoms. The lowest BCUT2D eigenvalue weighted by atomic mass is 10.2. The van der Waals surface area contributed by atoms with Crippen molar-refractivity contribution in [1.29, 1.82) is 0 Å². The van der Waals surface area contributed by atoms with Gasteiger partial charge in [0.2, 0.25) is 16.0 Å². The van der Waals surface area contributed by atoms with Crippen LogP contribution < -0.4 is 5.32 Å². The molecule has 1 aliphatic heterocycles. The number of nitrogens with one attached hydrogen (secondary N) is 1. The molecule has 2 aromatic rings. The number of hydrogen-bond donors (Lipinski definition) is 2. The van der Waals surface area contributed by atoms with Gasteiger partial charge in [0.1, 0.15) is 0 Å². The van der Waals surface area contributed by atoms with E-state index < -0.39 is 16.1 Å². The van der Waals surface area contributed by atoms with Crippen LogP contribution in [0.25, 0.3) is 6.08 Å². The fourth-order valence-electron chi connectivity index (χ4n) is 3.12. The Labute approximate surface area is 169 Å². The second-order valence-electron chi connectivity index (χ2n) is 6.68. The third-order valence-corrected chi connectivity index (χ3v) is 6.74. The number of nitrogens with zero attached hydrogens (tertiary/aromatic N) is 4. The van der Waals surface area contributed by atoms with Crippen LogP contribution in [0.1, 0.15) is 17.5 Å². The first-order valence-electron chi connectivity index (χ1n) is 9.11. The summed E-state index contributed by atoms with van der Waals surface area (Å²) >= 11 is 0. The molecule has 9 nitrogen and oxygen atoms in total. The third-order valence-electron chi connectivity index (χ3n) is 4.68. The number of amides is 1. The number of sulfonamides is 1. The van der Waals surface area contributed by atoms with E-state index in [0.717, 1.165) is 5.56 Å². The lowest BCUT2D eigenvalue weighted by Crippen LogP contribution is -2.37. The molecule has 0 bridgehead atoms. The number of hydrogen-bond acceptors (Lipinski definition) is 6. The maximum absolute atomic E-state index is 13.1. The Morgan fingerprint density at radius 3 is 2.55 bits per heavy atom. The van der Waals surface area contributed by atoms with Crippen LogP contribution in [0, 0.1) is 6.92 Å². The molecule has 1 aromatic carbocycles. The van der Waals surface area contributed by atoms with Crippen molar-refractivity contribution < 1.29 is 18.3 Å². The minimum absolute atomic E-state index is 0.136. The molecule has 3 rings (SSSR count). The largest absolute Gasteiger partial charge is 0.465 e. The zero-order valence-corrected chi connectivity index (χ0v) is 16.9. The van der Waals surface area contributed by atoms with Crippen LogP contribution in [0.5, 0.6) is 0 Å². The van der Waals surface area contributed by atoms with Crippen LogP contribution in [0.2, 0.25) is 0 Å². The van der Waals surface area contributed by atoms with Crippen LogP contribution >= 0.6 is 0 Å². The van der Waals surface area contributed by atoms with Crippen molar-refractivity contribution in [2.45, 2.75) is 18.2 Å². The Balaban J connectivity index is 1.77. The average Bonchev–Trinajstić information content (AvgIpc) is 2.95. The highest BCUT2D eigenvalue weighted by atomic mass is 32.2. The smallest absolute Gasteiger partial charge is 0.407 e. The number of rotatable bonds is 5. The quantitative estimate of drug-likeness (QED) is 0.768. The minimum Gasteiger partial charge on any atom is -0.465 e. The number of carboxylic acid groups (broad SMARTS) is 1. The van der Waals surface area contributed by atoms with Crippen LogP contribution in [0.4, 0.5) is 16.4 Å². The van der Waals surface area contributed by atoms with E-state index in [0.29, 0.717) is 30.2 Å². The standard InChI is InChI=1S/C19H23N5O4S/c1-3-15-12-20-18(21-13-15)22-16-5-6-17(14(2)11-16)29(27,28)24-8-4-7-23(9-10-24)19(25)26/h3,5-6,11-13H,1,4,7-10H2,2H3,(H,25,26)(H,20,21,22). The van der Waals surface area contributed by atoms with Gasteiger partial charge < -0.3 is 15.3 Å². The van der Waals surface area contributed by atoms with Gasteiger partial charge in [-0.3, -0.25) is 0 Å². The molecular formula is C19H23N5O4S. The number of anilines is 2. The van der Waals surface area contributed by atoms with Gasteiger partial charge in [-0.1, -0.05) is 12.7 Å². The van der Waals surface area contributed by atoms with Crippen LogP contribution in [-0.4, -0.2) is 65.0 Å². The molecule has 1 aliphatic rings. The Hall–Kier alpha value is -2.98. The second kappa shape index (κ2) is 8.58. The molecule has 2 N–H and O–H groups in total. The van der Waals surface area contributed by atoms with Crippen LogP contribution in [0.3, 0.4) is 0 Å². The first-order valence-corrected chi connectivity index (χ1v) is 10.6. The van der Waals surface area contributed by atoms with Gasteiger partial charge in [0, 0.05) is 49.8 Å².